The van der Waals surface area contributed by atoms with Gasteiger partial charge in [-0.1, -0.05) is 18.2 Å². The molecule has 3 nitrogen and oxygen atoms in total. The number of carboxylic acid groups (broad SMARTS) is 1. The number of halogens is 1. The fourth-order valence-electron chi connectivity index (χ4n) is 1.00. The third-order valence-electron chi connectivity index (χ3n) is 1.61. The van der Waals surface area contributed by atoms with Gasteiger partial charge >= 0.3 is 5.97 Å². The fraction of sp³-hybridized carbons (Fsp3) is 0.200. The normalized spacial score (nSPS) is 10.6. The van der Waals surface area contributed by atoms with Gasteiger partial charge in [0.15, 0.2) is 5.69 Å². The van der Waals surface area contributed by atoms with E-state index in [0.29, 0.717) is 11.4 Å². The number of alkyl halides is 1. The SMILES string of the molecule is O=C(O)c1ncccc1C=CCCCl. The summed E-state index contributed by atoms with van der Waals surface area (Å²) in [5.41, 5.74) is 0.670. The quantitative estimate of drug-likeness (QED) is 0.779. The van der Waals surface area contributed by atoms with Crippen molar-refractivity contribution in [3.8, 4) is 0 Å². The van der Waals surface area contributed by atoms with Crippen molar-refractivity contribution in [2.24, 2.45) is 0 Å². The molecule has 14 heavy (non-hydrogen) atoms. The molecule has 0 fully saturated rings. The highest BCUT2D eigenvalue weighted by Crippen LogP contribution is 2.08. The maximum absolute atomic E-state index is 10.7. The first-order chi connectivity index (χ1) is 6.75. The highest BCUT2D eigenvalue weighted by molar-refractivity contribution is 6.17. The maximum atomic E-state index is 10.7. The minimum absolute atomic E-state index is 0.0679. The second-order valence-electron chi connectivity index (χ2n) is 2.63. The highest BCUT2D eigenvalue weighted by atomic mass is 35.5. The molecule has 0 saturated carbocycles. The van der Waals surface area contributed by atoms with Crippen LogP contribution < -0.4 is 0 Å². The summed E-state index contributed by atoms with van der Waals surface area (Å²) in [5.74, 6) is -0.491. The van der Waals surface area contributed by atoms with E-state index in [-0.39, 0.29) is 5.69 Å². The summed E-state index contributed by atoms with van der Waals surface area (Å²) in [6.45, 7) is 0. The molecule has 4 heteroatoms. The van der Waals surface area contributed by atoms with E-state index in [1.807, 2.05) is 6.08 Å². The van der Waals surface area contributed by atoms with Crippen molar-refractivity contribution in [2.45, 2.75) is 6.42 Å². The number of aromatic nitrogens is 1. The van der Waals surface area contributed by atoms with Crippen LogP contribution in [-0.2, 0) is 0 Å². The molecule has 0 unspecified atom stereocenters. The molecule has 1 rings (SSSR count). The van der Waals surface area contributed by atoms with E-state index in [0.717, 1.165) is 6.42 Å². The molecule has 74 valence electrons. The molecule has 0 amide bonds. The summed E-state index contributed by atoms with van der Waals surface area (Å²) in [6, 6.07) is 3.41. The van der Waals surface area contributed by atoms with Gasteiger partial charge in [-0.2, -0.15) is 0 Å². The number of rotatable bonds is 4. The maximum Gasteiger partial charge on any atom is 0.355 e. The Labute approximate surface area is 87.0 Å². The van der Waals surface area contributed by atoms with Crippen LogP contribution in [-0.4, -0.2) is 21.9 Å². The van der Waals surface area contributed by atoms with Gasteiger partial charge in [-0.3, -0.25) is 0 Å². The van der Waals surface area contributed by atoms with Gasteiger partial charge in [-0.05, 0) is 12.5 Å². The predicted octanol–water partition coefficient (Wildman–Crippen LogP) is 2.42. The smallest absolute Gasteiger partial charge is 0.355 e. The van der Waals surface area contributed by atoms with Crippen LogP contribution in [0.25, 0.3) is 6.08 Å². The summed E-state index contributed by atoms with van der Waals surface area (Å²) >= 11 is 5.49. The van der Waals surface area contributed by atoms with Crippen LogP contribution in [0.4, 0.5) is 0 Å². The van der Waals surface area contributed by atoms with Crippen LogP contribution in [0.2, 0.25) is 0 Å². The van der Waals surface area contributed by atoms with Crippen molar-refractivity contribution in [2.75, 3.05) is 5.88 Å². The van der Waals surface area contributed by atoms with Crippen molar-refractivity contribution >= 4 is 23.6 Å². The highest BCUT2D eigenvalue weighted by Gasteiger charge is 2.07. The van der Waals surface area contributed by atoms with Crippen LogP contribution in [0.5, 0.6) is 0 Å². The van der Waals surface area contributed by atoms with E-state index < -0.39 is 5.97 Å². The molecule has 0 aliphatic carbocycles. The minimum Gasteiger partial charge on any atom is -0.476 e. The molecule has 1 aromatic rings. The number of aromatic carboxylic acids is 1. The summed E-state index contributed by atoms with van der Waals surface area (Å²) in [5, 5.41) is 8.80. The fourth-order valence-corrected chi connectivity index (χ4v) is 1.13. The van der Waals surface area contributed by atoms with E-state index in [2.05, 4.69) is 4.98 Å². The lowest BCUT2D eigenvalue weighted by Gasteiger charge is -1.98. The number of hydrogen-bond donors (Lipinski definition) is 1. The lowest BCUT2D eigenvalue weighted by Crippen LogP contribution is -2.02. The van der Waals surface area contributed by atoms with Crippen molar-refractivity contribution < 1.29 is 9.90 Å². The van der Waals surface area contributed by atoms with Gasteiger partial charge in [0, 0.05) is 17.6 Å². The van der Waals surface area contributed by atoms with Crippen LogP contribution in [0.15, 0.2) is 24.4 Å². The number of hydrogen-bond acceptors (Lipinski definition) is 2. The van der Waals surface area contributed by atoms with Gasteiger partial charge in [0.1, 0.15) is 0 Å². The zero-order chi connectivity index (χ0) is 10.4. The Bertz CT molecular complexity index is 350. The second-order valence-corrected chi connectivity index (χ2v) is 3.00. The van der Waals surface area contributed by atoms with Crippen molar-refractivity contribution in [1.29, 1.82) is 0 Å². The van der Waals surface area contributed by atoms with Crippen LogP contribution in [0, 0.1) is 0 Å². The summed E-state index contributed by atoms with van der Waals surface area (Å²) < 4.78 is 0. The average Bonchev–Trinajstić information content (AvgIpc) is 2.19. The molecule has 1 N–H and O–H groups in total. The molecule has 0 aliphatic heterocycles. The molecule has 0 aliphatic rings. The second kappa shape index (κ2) is 5.40. The van der Waals surface area contributed by atoms with E-state index >= 15 is 0 Å². The molecule has 1 aromatic heterocycles. The Morgan fingerprint density at radius 1 is 1.64 bits per heavy atom. The Kier molecular flexibility index (Phi) is 4.13. The third-order valence-corrected chi connectivity index (χ3v) is 1.83. The first-order valence-corrected chi connectivity index (χ1v) is 4.70. The van der Waals surface area contributed by atoms with Gasteiger partial charge in [0.25, 0.3) is 0 Å². The zero-order valence-electron chi connectivity index (χ0n) is 7.48. The molecule has 1 heterocycles. The van der Waals surface area contributed by atoms with E-state index in [4.69, 9.17) is 16.7 Å². The van der Waals surface area contributed by atoms with Gasteiger partial charge in [-0.15, -0.1) is 11.6 Å². The lowest BCUT2D eigenvalue weighted by molar-refractivity contribution is 0.0690. The Balaban J connectivity index is 2.90. The minimum atomic E-state index is -1.02. The summed E-state index contributed by atoms with van der Waals surface area (Å²) in [6.07, 6.45) is 5.73. The average molecular weight is 212 g/mol. The van der Waals surface area contributed by atoms with Crippen LogP contribution >= 0.6 is 11.6 Å². The van der Waals surface area contributed by atoms with Gasteiger partial charge in [-0.25, -0.2) is 9.78 Å². The number of carbonyl (C=O) groups is 1. The first-order valence-electron chi connectivity index (χ1n) is 4.16. The number of nitrogens with zero attached hydrogens (tertiary/aromatic N) is 1. The zero-order valence-corrected chi connectivity index (χ0v) is 8.24. The van der Waals surface area contributed by atoms with E-state index in [1.54, 1.807) is 18.2 Å². The van der Waals surface area contributed by atoms with Crippen LogP contribution in [0.1, 0.15) is 22.5 Å². The Hall–Kier alpha value is -1.35. The number of pyridine rings is 1. The van der Waals surface area contributed by atoms with E-state index in [9.17, 15) is 4.79 Å². The van der Waals surface area contributed by atoms with Gasteiger partial charge in [0.2, 0.25) is 0 Å². The monoisotopic (exact) mass is 211 g/mol. The van der Waals surface area contributed by atoms with E-state index in [1.165, 1.54) is 6.20 Å². The van der Waals surface area contributed by atoms with Gasteiger partial charge < -0.3 is 5.11 Å². The molecule has 0 aromatic carbocycles. The van der Waals surface area contributed by atoms with Gasteiger partial charge in [0.05, 0.1) is 0 Å². The van der Waals surface area contributed by atoms with Crippen LogP contribution in [0.3, 0.4) is 0 Å². The number of allylic oxidation sites excluding steroid dienone is 1. The first kappa shape index (κ1) is 10.7. The Morgan fingerprint density at radius 3 is 3.07 bits per heavy atom. The van der Waals surface area contributed by atoms with Crippen molar-refractivity contribution in [1.82, 2.24) is 4.98 Å². The molecular formula is C10H10ClNO2. The lowest BCUT2D eigenvalue weighted by atomic mass is 10.1. The van der Waals surface area contributed by atoms with Crippen molar-refractivity contribution in [3.63, 3.8) is 0 Å². The number of carboxylic acids is 1. The molecule has 0 atom stereocenters. The molecule has 0 bridgehead atoms. The summed E-state index contributed by atoms with van der Waals surface area (Å²) in [4.78, 5) is 14.5. The predicted molar refractivity (Wildman–Crippen MR) is 55.6 cm³/mol. The summed E-state index contributed by atoms with van der Waals surface area (Å²) in [7, 11) is 0. The standard InChI is InChI=1S/C10H10ClNO2/c11-6-2-1-4-8-5-3-7-12-9(8)10(13)14/h1,3-5,7H,2,6H2,(H,13,14). The molecule has 0 saturated heterocycles. The molecule has 0 radical (unpaired) electrons. The third kappa shape index (κ3) is 2.85. The topological polar surface area (TPSA) is 50.2 Å². The largest absolute Gasteiger partial charge is 0.476 e. The Morgan fingerprint density at radius 2 is 2.43 bits per heavy atom. The molecular weight excluding hydrogens is 202 g/mol. The molecule has 0 spiro atoms. The van der Waals surface area contributed by atoms with Crippen molar-refractivity contribution in [3.05, 3.63) is 35.7 Å².